The second-order valence-corrected chi connectivity index (χ2v) is 3.74. The topological polar surface area (TPSA) is 46.2 Å². The first-order valence-electron chi connectivity index (χ1n) is 4.92. The molecule has 3 nitrogen and oxygen atoms in total. The van der Waals surface area contributed by atoms with Crippen molar-refractivity contribution in [2.24, 2.45) is 11.8 Å². The van der Waals surface area contributed by atoms with Crippen LogP contribution in [0, 0.1) is 11.8 Å². The second kappa shape index (κ2) is 6.35. The van der Waals surface area contributed by atoms with Gasteiger partial charge in [-0.15, -0.1) is 0 Å². The summed E-state index contributed by atoms with van der Waals surface area (Å²) in [4.78, 5) is 22.2. The van der Waals surface area contributed by atoms with Gasteiger partial charge in [0, 0.05) is 18.9 Å². The molecule has 1 unspecified atom stereocenters. The van der Waals surface area contributed by atoms with Gasteiger partial charge in [0.05, 0.1) is 0 Å². The van der Waals surface area contributed by atoms with Crippen LogP contribution in [-0.2, 0) is 9.59 Å². The van der Waals surface area contributed by atoms with Crippen LogP contribution in [0.25, 0.3) is 0 Å². The van der Waals surface area contributed by atoms with Crippen molar-refractivity contribution in [3.63, 3.8) is 0 Å². The Morgan fingerprint density at radius 3 is 2.36 bits per heavy atom. The van der Waals surface area contributed by atoms with Crippen molar-refractivity contribution < 1.29 is 9.59 Å². The van der Waals surface area contributed by atoms with Gasteiger partial charge in [0.15, 0.2) is 0 Å². The van der Waals surface area contributed by atoms with Gasteiger partial charge in [-0.3, -0.25) is 9.59 Å². The number of hydrogen-bond donors (Lipinski definition) is 1. The summed E-state index contributed by atoms with van der Waals surface area (Å²) >= 11 is 0. The standard InChI is InChI=1S/C11H19NO2/c1-5-11(14)12-7-6-10(13)9(4)8(2)3/h5,8-9H,1,6-7H2,2-4H3,(H,12,14). The zero-order chi connectivity index (χ0) is 11.1. The molecule has 0 aromatic heterocycles. The van der Waals surface area contributed by atoms with Gasteiger partial charge in [0.1, 0.15) is 5.78 Å². The highest BCUT2D eigenvalue weighted by Gasteiger charge is 2.15. The lowest BCUT2D eigenvalue weighted by atomic mass is 9.92. The summed E-state index contributed by atoms with van der Waals surface area (Å²) in [5.74, 6) is 0.396. The molecule has 1 atom stereocenters. The summed E-state index contributed by atoms with van der Waals surface area (Å²) < 4.78 is 0. The number of amides is 1. The summed E-state index contributed by atoms with van der Waals surface area (Å²) in [6, 6.07) is 0. The highest BCUT2D eigenvalue weighted by Crippen LogP contribution is 2.11. The Morgan fingerprint density at radius 2 is 1.93 bits per heavy atom. The Bertz CT molecular complexity index is 221. The average molecular weight is 197 g/mol. The minimum absolute atomic E-state index is 0.0654. The van der Waals surface area contributed by atoms with Gasteiger partial charge >= 0.3 is 0 Å². The quantitative estimate of drug-likeness (QED) is 0.656. The summed E-state index contributed by atoms with van der Waals surface area (Å²) in [6.07, 6.45) is 1.61. The molecule has 0 saturated heterocycles. The fourth-order valence-corrected chi connectivity index (χ4v) is 0.981. The Labute approximate surface area is 85.6 Å². The van der Waals surface area contributed by atoms with E-state index in [0.29, 0.717) is 18.9 Å². The van der Waals surface area contributed by atoms with E-state index in [1.807, 2.05) is 20.8 Å². The molecule has 0 spiro atoms. The number of carbonyl (C=O) groups excluding carboxylic acids is 2. The van der Waals surface area contributed by atoms with Crippen LogP contribution in [-0.4, -0.2) is 18.2 Å². The van der Waals surface area contributed by atoms with Gasteiger partial charge in [-0.1, -0.05) is 27.4 Å². The van der Waals surface area contributed by atoms with Gasteiger partial charge in [-0.25, -0.2) is 0 Å². The van der Waals surface area contributed by atoms with Crippen LogP contribution in [0.2, 0.25) is 0 Å². The van der Waals surface area contributed by atoms with Gasteiger partial charge in [0.25, 0.3) is 0 Å². The Balaban J connectivity index is 3.74. The molecule has 0 aliphatic rings. The van der Waals surface area contributed by atoms with Crippen LogP contribution in [0.4, 0.5) is 0 Å². The first-order valence-corrected chi connectivity index (χ1v) is 4.92. The molecule has 0 rings (SSSR count). The molecule has 0 fully saturated rings. The van der Waals surface area contributed by atoms with Crippen LogP contribution < -0.4 is 5.32 Å². The predicted molar refractivity (Wildman–Crippen MR) is 56.8 cm³/mol. The van der Waals surface area contributed by atoms with Crippen molar-refractivity contribution in [1.82, 2.24) is 5.32 Å². The van der Waals surface area contributed by atoms with E-state index < -0.39 is 0 Å². The first-order chi connectivity index (χ1) is 6.49. The molecule has 3 heteroatoms. The van der Waals surface area contributed by atoms with E-state index in [4.69, 9.17) is 0 Å². The molecule has 0 aliphatic carbocycles. The maximum absolute atomic E-state index is 11.5. The third kappa shape index (κ3) is 4.80. The monoisotopic (exact) mass is 197 g/mol. The van der Waals surface area contributed by atoms with E-state index >= 15 is 0 Å². The molecule has 80 valence electrons. The van der Waals surface area contributed by atoms with E-state index in [-0.39, 0.29) is 17.6 Å². The largest absolute Gasteiger partial charge is 0.352 e. The normalized spacial score (nSPS) is 12.3. The highest BCUT2D eigenvalue weighted by molar-refractivity contribution is 5.87. The van der Waals surface area contributed by atoms with Crippen LogP contribution in [0.5, 0.6) is 0 Å². The number of hydrogen-bond acceptors (Lipinski definition) is 2. The number of Topliss-reactive ketones (excluding diaryl/α,β-unsaturated/α-hetero) is 1. The molecule has 0 radical (unpaired) electrons. The highest BCUT2D eigenvalue weighted by atomic mass is 16.1. The van der Waals surface area contributed by atoms with E-state index in [0.717, 1.165) is 0 Å². The zero-order valence-electron chi connectivity index (χ0n) is 9.17. The minimum atomic E-state index is -0.227. The second-order valence-electron chi connectivity index (χ2n) is 3.74. The van der Waals surface area contributed by atoms with Crippen LogP contribution >= 0.6 is 0 Å². The molecule has 0 aromatic rings. The zero-order valence-corrected chi connectivity index (χ0v) is 9.17. The first kappa shape index (κ1) is 12.9. The van der Waals surface area contributed by atoms with Gasteiger partial charge in [0.2, 0.25) is 5.91 Å². The van der Waals surface area contributed by atoms with Crippen molar-refractivity contribution in [3.8, 4) is 0 Å². The fraction of sp³-hybridized carbons (Fsp3) is 0.636. The van der Waals surface area contributed by atoms with E-state index in [9.17, 15) is 9.59 Å². The van der Waals surface area contributed by atoms with E-state index in [1.54, 1.807) is 0 Å². The third-order valence-corrected chi connectivity index (χ3v) is 2.36. The molecule has 0 saturated carbocycles. The molecule has 14 heavy (non-hydrogen) atoms. The fourth-order valence-electron chi connectivity index (χ4n) is 0.981. The Hall–Kier alpha value is -1.12. The maximum Gasteiger partial charge on any atom is 0.243 e. The van der Waals surface area contributed by atoms with Crippen molar-refractivity contribution >= 4 is 11.7 Å². The summed E-state index contributed by atoms with van der Waals surface area (Å²) in [5.41, 5.74) is 0. The Kier molecular flexibility index (Phi) is 5.84. The minimum Gasteiger partial charge on any atom is -0.352 e. The maximum atomic E-state index is 11.5. The van der Waals surface area contributed by atoms with E-state index in [2.05, 4.69) is 11.9 Å². The number of carbonyl (C=O) groups is 2. The summed E-state index contributed by atoms with van der Waals surface area (Å²) in [6.45, 7) is 9.68. The molecular formula is C11H19NO2. The number of ketones is 1. The number of rotatable bonds is 6. The average Bonchev–Trinajstić information content (AvgIpc) is 2.15. The summed E-state index contributed by atoms with van der Waals surface area (Å²) in [7, 11) is 0. The van der Waals surface area contributed by atoms with Crippen LogP contribution in [0.1, 0.15) is 27.2 Å². The lowest BCUT2D eigenvalue weighted by molar-refractivity contribution is -0.123. The van der Waals surface area contributed by atoms with E-state index in [1.165, 1.54) is 6.08 Å². The predicted octanol–water partition coefficient (Wildman–Crippen LogP) is 1.54. The summed E-state index contributed by atoms with van der Waals surface area (Å²) in [5, 5.41) is 2.58. The van der Waals surface area contributed by atoms with Crippen LogP contribution in [0.15, 0.2) is 12.7 Å². The molecule has 1 N–H and O–H groups in total. The molecule has 0 bridgehead atoms. The molecule has 0 aromatic carbocycles. The lowest BCUT2D eigenvalue weighted by Gasteiger charge is -2.13. The SMILES string of the molecule is C=CC(=O)NCCC(=O)C(C)C(C)C. The third-order valence-electron chi connectivity index (χ3n) is 2.36. The lowest BCUT2D eigenvalue weighted by Crippen LogP contribution is -2.26. The van der Waals surface area contributed by atoms with Gasteiger partial charge in [-0.05, 0) is 12.0 Å². The van der Waals surface area contributed by atoms with Crippen molar-refractivity contribution in [3.05, 3.63) is 12.7 Å². The molecule has 1 amide bonds. The number of nitrogens with one attached hydrogen (secondary N) is 1. The van der Waals surface area contributed by atoms with Crippen molar-refractivity contribution in [2.75, 3.05) is 6.54 Å². The van der Waals surface area contributed by atoms with Gasteiger partial charge < -0.3 is 5.32 Å². The van der Waals surface area contributed by atoms with Crippen LogP contribution in [0.3, 0.4) is 0 Å². The Morgan fingerprint density at radius 1 is 1.36 bits per heavy atom. The smallest absolute Gasteiger partial charge is 0.243 e. The molecule has 0 aliphatic heterocycles. The molecule has 0 heterocycles. The van der Waals surface area contributed by atoms with Crippen molar-refractivity contribution in [2.45, 2.75) is 27.2 Å². The van der Waals surface area contributed by atoms with Crippen molar-refractivity contribution in [1.29, 1.82) is 0 Å². The van der Waals surface area contributed by atoms with Gasteiger partial charge in [-0.2, -0.15) is 0 Å². The molecular weight excluding hydrogens is 178 g/mol.